The summed E-state index contributed by atoms with van der Waals surface area (Å²) < 4.78 is 7.45. The second-order valence-electron chi connectivity index (χ2n) is 8.69. The standard InChI is InChI=1S/C26H28N4O2S/c1-18-14-24-27-28-26(30(24)23-16-21(32-2)8-9-22(18)23)33-17-25(31)29-12-10-20(11-13-29)15-19-6-4-3-5-7-19/h3-9,14,16,20H,10-13,15,17H2,1-2H3. The molecule has 0 unspecified atom stereocenters. The Morgan fingerprint density at radius 1 is 1.09 bits per heavy atom. The lowest BCUT2D eigenvalue weighted by atomic mass is 9.90. The van der Waals surface area contributed by atoms with Gasteiger partial charge in [-0.3, -0.25) is 9.20 Å². The Labute approximate surface area is 197 Å². The highest BCUT2D eigenvalue weighted by Crippen LogP contribution is 2.29. The van der Waals surface area contributed by atoms with Gasteiger partial charge in [0.05, 0.1) is 18.4 Å². The number of piperidine rings is 1. The summed E-state index contributed by atoms with van der Waals surface area (Å²) in [5.41, 5.74) is 4.30. The van der Waals surface area contributed by atoms with Crippen molar-refractivity contribution in [2.75, 3.05) is 26.0 Å². The maximum absolute atomic E-state index is 12.9. The number of aryl methyl sites for hydroxylation is 1. The number of likely N-dealkylation sites (tertiary alicyclic amines) is 1. The molecule has 1 saturated heterocycles. The van der Waals surface area contributed by atoms with Crippen molar-refractivity contribution in [1.29, 1.82) is 0 Å². The number of benzene rings is 2. The first-order valence-corrected chi connectivity index (χ1v) is 12.4. The van der Waals surface area contributed by atoms with Crippen molar-refractivity contribution >= 4 is 34.2 Å². The van der Waals surface area contributed by atoms with Gasteiger partial charge in [-0.15, -0.1) is 10.2 Å². The minimum absolute atomic E-state index is 0.170. The molecule has 1 aliphatic heterocycles. The highest BCUT2D eigenvalue weighted by molar-refractivity contribution is 7.99. The average Bonchev–Trinajstić information content (AvgIpc) is 3.26. The molecule has 2 aromatic heterocycles. The molecule has 4 aromatic rings. The number of methoxy groups -OCH3 is 1. The zero-order valence-corrected chi connectivity index (χ0v) is 19.8. The van der Waals surface area contributed by atoms with E-state index in [1.165, 1.54) is 17.3 Å². The number of carbonyl (C=O) groups is 1. The van der Waals surface area contributed by atoms with Gasteiger partial charge in [0.1, 0.15) is 5.75 Å². The quantitative estimate of drug-likeness (QED) is 0.388. The van der Waals surface area contributed by atoms with Crippen LogP contribution in [-0.4, -0.2) is 51.4 Å². The molecule has 6 nitrogen and oxygen atoms in total. The van der Waals surface area contributed by atoms with Gasteiger partial charge in [0.15, 0.2) is 10.8 Å². The molecule has 1 amide bonds. The van der Waals surface area contributed by atoms with Crippen LogP contribution < -0.4 is 4.74 Å². The van der Waals surface area contributed by atoms with Crippen molar-refractivity contribution in [2.24, 2.45) is 5.92 Å². The number of thioether (sulfide) groups is 1. The summed E-state index contributed by atoms with van der Waals surface area (Å²) in [6.07, 6.45) is 3.21. The SMILES string of the molecule is COc1ccc2c(C)cc3nnc(SCC(=O)N4CCC(Cc5ccccc5)CC4)n3c2c1. The van der Waals surface area contributed by atoms with E-state index in [0.717, 1.165) is 65.4 Å². The van der Waals surface area contributed by atoms with Gasteiger partial charge in [0.25, 0.3) is 0 Å². The molecule has 0 spiro atoms. The molecule has 1 fully saturated rings. The summed E-state index contributed by atoms with van der Waals surface area (Å²) >= 11 is 1.45. The summed E-state index contributed by atoms with van der Waals surface area (Å²) in [5, 5.41) is 10.6. The Morgan fingerprint density at radius 2 is 1.88 bits per heavy atom. The number of carbonyl (C=O) groups excluding carboxylic acids is 1. The second kappa shape index (κ2) is 9.43. The van der Waals surface area contributed by atoms with Crippen molar-refractivity contribution in [1.82, 2.24) is 19.5 Å². The molecule has 2 aromatic carbocycles. The van der Waals surface area contributed by atoms with Crippen LogP contribution in [-0.2, 0) is 11.2 Å². The van der Waals surface area contributed by atoms with Crippen LogP contribution in [0.5, 0.6) is 5.75 Å². The zero-order valence-electron chi connectivity index (χ0n) is 19.0. The molecular weight excluding hydrogens is 432 g/mol. The monoisotopic (exact) mass is 460 g/mol. The summed E-state index contributed by atoms with van der Waals surface area (Å²) in [7, 11) is 1.66. The zero-order chi connectivity index (χ0) is 22.8. The van der Waals surface area contributed by atoms with Gasteiger partial charge >= 0.3 is 0 Å². The van der Waals surface area contributed by atoms with Crippen LogP contribution in [0.4, 0.5) is 0 Å². The Kier molecular flexibility index (Phi) is 6.22. The van der Waals surface area contributed by atoms with Crippen LogP contribution in [0.15, 0.2) is 59.8 Å². The van der Waals surface area contributed by atoms with Gasteiger partial charge in [0, 0.05) is 24.5 Å². The molecule has 33 heavy (non-hydrogen) atoms. The number of hydrogen-bond donors (Lipinski definition) is 0. The number of fused-ring (bicyclic) bond motifs is 3. The van der Waals surface area contributed by atoms with E-state index in [1.807, 2.05) is 27.5 Å². The van der Waals surface area contributed by atoms with Crippen molar-refractivity contribution in [3.8, 4) is 5.75 Å². The summed E-state index contributed by atoms with van der Waals surface area (Å²) in [5.74, 6) is 1.97. The van der Waals surface area contributed by atoms with Crippen LogP contribution >= 0.6 is 11.8 Å². The number of nitrogens with zero attached hydrogens (tertiary/aromatic N) is 4. The van der Waals surface area contributed by atoms with Crippen molar-refractivity contribution in [3.05, 3.63) is 65.7 Å². The van der Waals surface area contributed by atoms with E-state index >= 15 is 0 Å². The van der Waals surface area contributed by atoms with E-state index in [9.17, 15) is 4.79 Å². The third-order valence-corrected chi connectivity index (χ3v) is 7.45. The minimum Gasteiger partial charge on any atom is -0.497 e. The van der Waals surface area contributed by atoms with Crippen LogP contribution in [0.25, 0.3) is 16.6 Å². The summed E-state index contributed by atoms with van der Waals surface area (Å²) in [4.78, 5) is 14.9. The van der Waals surface area contributed by atoms with E-state index in [4.69, 9.17) is 4.74 Å². The van der Waals surface area contributed by atoms with Crippen molar-refractivity contribution in [2.45, 2.75) is 31.3 Å². The highest BCUT2D eigenvalue weighted by atomic mass is 32.2. The third kappa shape index (κ3) is 4.55. The number of amides is 1. The predicted molar refractivity (Wildman–Crippen MR) is 132 cm³/mol. The van der Waals surface area contributed by atoms with Gasteiger partial charge in [-0.2, -0.15) is 0 Å². The molecule has 1 aliphatic rings. The normalized spacial score (nSPS) is 14.8. The summed E-state index contributed by atoms with van der Waals surface area (Å²) in [6.45, 7) is 3.73. The minimum atomic E-state index is 0.170. The fourth-order valence-corrected chi connectivity index (χ4v) is 5.53. The maximum atomic E-state index is 12.9. The molecule has 0 N–H and O–H groups in total. The van der Waals surface area contributed by atoms with Gasteiger partial charge in [0.2, 0.25) is 5.91 Å². The molecule has 0 aliphatic carbocycles. The predicted octanol–water partition coefficient (Wildman–Crippen LogP) is 4.77. The largest absolute Gasteiger partial charge is 0.497 e. The fraction of sp³-hybridized carbons (Fsp3) is 0.346. The van der Waals surface area contributed by atoms with Gasteiger partial charge in [-0.1, -0.05) is 42.1 Å². The average molecular weight is 461 g/mol. The van der Waals surface area contributed by atoms with Crippen LogP contribution in [0.3, 0.4) is 0 Å². The number of rotatable bonds is 6. The molecule has 0 saturated carbocycles. The molecular formula is C26H28N4O2S. The molecule has 3 heterocycles. The number of ether oxygens (including phenoxy) is 1. The molecule has 5 rings (SSSR count). The van der Waals surface area contributed by atoms with Gasteiger partial charge in [-0.25, -0.2) is 0 Å². The Morgan fingerprint density at radius 3 is 2.64 bits per heavy atom. The van der Waals surface area contributed by atoms with E-state index < -0.39 is 0 Å². The van der Waals surface area contributed by atoms with E-state index in [1.54, 1.807) is 7.11 Å². The second-order valence-corrected chi connectivity index (χ2v) is 9.63. The van der Waals surface area contributed by atoms with E-state index in [2.05, 4.69) is 53.5 Å². The smallest absolute Gasteiger partial charge is 0.233 e. The first-order valence-electron chi connectivity index (χ1n) is 11.4. The Bertz CT molecular complexity index is 1280. The number of pyridine rings is 1. The van der Waals surface area contributed by atoms with Crippen molar-refractivity contribution in [3.63, 3.8) is 0 Å². The van der Waals surface area contributed by atoms with Crippen LogP contribution in [0.2, 0.25) is 0 Å². The highest BCUT2D eigenvalue weighted by Gasteiger charge is 2.23. The number of hydrogen-bond acceptors (Lipinski definition) is 5. The van der Waals surface area contributed by atoms with Gasteiger partial charge < -0.3 is 9.64 Å². The number of aromatic nitrogens is 3. The molecule has 0 radical (unpaired) electrons. The fourth-order valence-electron chi connectivity index (χ4n) is 4.67. The molecule has 0 bridgehead atoms. The Balaban J connectivity index is 1.25. The van der Waals surface area contributed by atoms with Crippen LogP contribution in [0, 0.1) is 12.8 Å². The third-order valence-electron chi connectivity index (χ3n) is 6.53. The summed E-state index contributed by atoms with van der Waals surface area (Å²) in [6, 6.07) is 18.7. The first kappa shape index (κ1) is 21.8. The molecule has 170 valence electrons. The van der Waals surface area contributed by atoms with E-state index in [-0.39, 0.29) is 5.91 Å². The molecule has 7 heteroatoms. The first-order chi connectivity index (χ1) is 16.1. The maximum Gasteiger partial charge on any atom is 0.233 e. The van der Waals surface area contributed by atoms with Gasteiger partial charge in [-0.05, 0) is 61.4 Å². The topological polar surface area (TPSA) is 59.7 Å². The lowest BCUT2D eigenvalue weighted by Gasteiger charge is -2.32. The lowest BCUT2D eigenvalue weighted by Crippen LogP contribution is -2.39. The Hall–Kier alpha value is -3.06. The lowest BCUT2D eigenvalue weighted by molar-refractivity contribution is -0.129. The van der Waals surface area contributed by atoms with E-state index in [0.29, 0.717) is 11.7 Å². The molecule has 0 atom stereocenters. The van der Waals surface area contributed by atoms with Crippen LogP contribution in [0.1, 0.15) is 24.0 Å². The van der Waals surface area contributed by atoms with Crippen molar-refractivity contribution < 1.29 is 9.53 Å².